The first-order valence-corrected chi connectivity index (χ1v) is 9.36. The van der Waals surface area contributed by atoms with E-state index in [2.05, 4.69) is 5.32 Å². The number of phenols is 1. The zero-order valence-electron chi connectivity index (χ0n) is 17.6. The molecule has 0 unspecified atom stereocenters. The summed E-state index contributed by atoms with van der Waals surface area (Å²) in [5.74, 6) is 0.945. The summed E-state index contributed by atoms with van der Waals surface area (Å²) in [5, 5.41) is 12.4. The van der Waals surface area contributed by atoms with Crippen molar-refractivity contribution >= 4 is 12.0 Å². The lowest BCUT2D eigenvalue weighted by atomic mass is 10.1. The zero-order chi connectivity index (χ0) is 21.4. The molecule has 0 aliphatic heterocycles. The Morgan fingerprint density at radius 3 is 2.41 bits per heavy atom. The predicted molar refractivity (Wildman–Crippen MR) is 113 cm³/mol. The highest BCUT2D eigenvalue weighted by atomic mass is 16.5. The molecule has 0 radical (unpaired) electrons. The first-order chi connectivity index (χ1) is 13.7. The molecule has 0 aromatic heterocycles. The van der Waals surface area contributed by atoms with Crippen LogP contribution < -0.4 is 14.8 Å². The van der Waals surface area contributed by atoms with Crippen molar-refractivity contribution in [3.63, 3.8) is 0 Å². The van der Waals surface area contributed by atoms with Crippen LogP contribution in [0.5, 0.6) is 17.2 Å². The summed E-state index contributed by atoms with van der Waals surface area (Å²) in [6, 6.07) is 12.5. The van der Waals surface area contributed by atoms with E-state index in [0.717, 1.165) is 16.9 Å². The number of carbonyl (C=O) groups excluding carboxylic acids is 1. The molecule has 0 aliphatic rings. The molecule has 2 N–H and O–H groups in total. The second kappa shape index (κ2) is 9.98. The number of amides is 1. The van der Waals surface area contributed by atoms with Crippen LogP contribution in [0, 0.1) is 0 Å². The second-order valence-corrected chi connectivity index (χ2v) is 7.52. The quantitative estimate of drug-likeness (QED) is 0.654. The molecular formula is C23H29NO5. The van der Waals surface area contributed by atoms with Crippen LogP contribution in [0.3, 0.4) is 0 Å². The molecule has 29 heavy (non-hydrogen) atoms. The van der Waals surface area contributed by atoms with Gasteiger partial charge < -0.3 is 24.6 Å². The lowest BCUT2D eigenvalue weighted by Crippen LogP contribution is -2.27. The van der Waals surface area contributed by atoms with Crippen LogP contribution in [-0.4, -0.2) is 37.4 Å². The Hall–Kier alpha value is -2.99. The van der Waals surface area contributed by atoms with Gasteiger partial charge >= 0.3 is 0 Å². The van der Waals surface area contributed by atoms with E-state index in [1.165, 1.54) is 19.3 Å². The molecule has 6 heteroatoms. The number of carbonyl (C=O) groups is 1. The van der Waals surface area contributed by atoms with Crippen molar-refractivity contribution in [1.29, 1.82) is 0 Å². The number of phenolic OH excluding ortho intramolecular Hbond substituents is 1. The fourth-order valence-corrected chi connectivity index (χ4v) is 2.66. The van der Waals surface area contributed by atoms with Crippen LogP contribution >= 0.6 is 0 Å². The Morgan fingerprint density at radius 1 is 1.14 bits per heavy atom. The highest BCUT2D eigenvalue weighted by molar-refractivity contribution is 5.91. The third kappa shape index (κ3) is 7.16. The fourth-order valence-electron chi connectivity index (χ4n) is 2.66. The summed E-state index contributed by atoms with van der Waals surface area (Å²) >= 11 is 0. The van der Waals surface area contributed by atoms with E-state index >= 15 is 0 Å². The minimum Gasteiger partial charge on any atom is -0.504 e. The van der Waals surface area contributed by atoms with E-state index in [9.17, 15) is 9.90 Å². The summed E-state index contributed by atoms with van der Waals surface area (Å²) in [5.41, 5.74) is 1.43. The van der Waals surface area contributed by atoms with Gasteiger partial charge in [0.05, 0.1) is 13.2 Å². The Kier molecular flexibility index (Phi) is 7.67. The minimum atomic E-state index is -0.273. The van der Waals surface area contributed by atoms with Gasteiger partial charge in [-0.15, -0.1) is 0 Å². The number of nitrogens with one attached hydrogen (secondary N) is 1. The molecule has 156 valence electrons. The topological polar surface area (TPSA) is 77.0 Å². The van der Waals surface area contributed by atoms with Gasteiger partial charge in [0.2, 0.25) is 5.91 Å². The van der Waals surface area contributed by atoms with E-state index in [-0.39, 0.29) is 23.4 Å². The highest BCUT2D eigenvalue weighted by Gasteiger charge is 2.14. The first-order valence-electron chi connectivity index (χ1n) is 9.36. The van der Waals surface area contributed by atoms with Gasteiger partial charge in [-0.2, -0.15) is 0 Å². The third-order valence-corrected chi connectivity index (χ3v) is 4.05. The van der Waals surface area contributed by atoms with E-state index in [0.29, 0.717) is 12.3 Å². The maximum Gasteiger partial charge on any atom is 0.244 e. The van der Waals surface area contributed by atoms with Gasteiger partial charge in [-0.25, -0.2) is 0 Å². The number of ether oxygens (including phenoxy) is 3. The van der Waals surface area contributed by atoms with E-state index in [1.54, 1.807) is 25.3 Å². The van der Waals surface area contributed by atoms with Gasteiger partial charge in [-0.1, -0.05) is 18.2 Å². The van der Waals surface area contributed by atoms with Gasteiger partial charge in [-0.3, -0.25) is 4.79 Å². The molecule has 0 spiro atoms. The largest absolute Gasteiger partial charge is 0.504 e. The van der Waals surface area contributed by atoms with Crippen LogP contribution in [0.15, 0.2) is 48.5 Å². The number of hydrogen-bond donors (Lipinski definition) is 2. The Labute approximate surface area is 172 Å². The van der Waals surface area contributed by atoms with Gasteiger partial charge in [-0.05, 0) is 62.2 Å². The average molecular weight is 399 g/mol. The van der Waals surface area contributed by atoms with Crippen molar-refractivity contribution in [3.05, 3.63) is 59.7 Å². The molecule has 0 fully saturated rings. The van der Waals surface area contributed by atoms with Crippen LogP contribution in [0.4, 0.5) is 0 Å². The smallest absolute Gasteiger partial charge is 0.244 e. The van der Waals surface area contributed by atoms with Gasteiger partial charge in [0.1, 0.15) is 11.4 Å². The summed E-state index contributed by atoms with van der Waals surface area (Å²) in [4.78, 5) is 12.1. The molecule has 2 rings (SSSR count). The normalized spacial score (nSPS) is 12.6. The Bertz CT molecular complexity index is 837. The van der Waals surface area contributed by atoms with E-state index < -0.39 is 0 Å². The molecule has 2 aromatic carbocycles. The standard InChI is InChI=1S/C23H29NO5/c1-23(2,3)29-18-10-8-17(9-11-18)21(28-5)15-24-22(26)13-7-16-6-12-19(25)20(14-16)27-4/h6-14,21,25H,15H2,1-5H3,(H,24,26)/b13-7+/t21-/m1/s1. The number of hydrogen-bond acceptors (Lipinski definition) is 5. The van der Waals surface area contributed by atoms with Crippen LogP contribution in [0.2, 0.25) is 0 Å². The molecular weight excluding hydrogens is 370 g/mol. The fraction of sp³-hybridized carbons (Fsp3) is 0.348. The van der Waals surface area contributed by atoms with Gasteiger partial charge in [0, 0.05) is 19.7 Å². The molecule has 0 heterocycles. The average Bonchev–Trinajstić information content (AvgIpc) is 2.67. The molecule has 1 amide bonds. The molecule has 2 aromatic rings. The zero-order valence-corrected chi connectivity index (χ0v) is 17.6. The molecule has 0 bridgehead atoms. The monoisotopic (exact) mass is 399 g/mol. The van der Waals surface area contributed by atoms with Crippen molar-refractivity contribution < 1.29 is 24.1 Å². The minimum absolute atomic E-state index is 0.0518. The third-order valence-electron chi connectivity index (χ3n) is 4.05. The van der Waals surface area contributed by atoms with Crippen molar-refractivity contribution in [1.82, 2.24) is 5.32 Å². The lowest BCUT2D eigenvalue weighted by molar-refractivity contribution is -0.117. The number of methoxy groups -OCH3 is 2. The second-order valence-electron chi connectivity index (χ2n) is 7.52. The van der Waals surface area contributed by atoms with Gasteiger partial charge in [0.15, 0.2) is 11.5 Å². The summed E-state index contributed by atoms with van der Waals surface area (Å²) in [7, 11) is 3.08. The highest BCUT2D eigenvalue weighted by Crippen LogP contribution is 2.26. The molecule has 0 saturated heterocycles. The van der Waals surface area contributed by atoms with E-state index in [1.807, 2.05) is 45.0 Å². The van der Waals surface area contributed by atoms with Gasteiger partial charge in [0.25, 0.3) is 0 Å². The molecule has 0 saturated carbocycles. The van der Waals surface area contributed by atoms with Crippen LogP contribution in [0.25, 0.3) is 6.08 Å². The maximum absolute atomic E-state index is 12.1. The number of rotatable bonds is 8. The lowest BCUT2D eigenvalue weighted by Gasteiger charge is -2.22. The van der Waals surface area contributed by atoms with Crippen molar-refractivity contribution in [2.24, 2.45) is 0 Å². The SMILES string of the molecule is COc1cc(/C=C/C(=O)NC[C@@H](OC)c2ccc(OC(C)(C)C)cc2)ccc1O. The first kappa shape index (κ1) is 22.3. The number of benzene rings is 2. The van der Waals surface area contributed by atoms with Crippen molar-refractivity contribution in [2.75, 3.05) is 20.8 Å². The van der Waals surface area contributed by atoms with E-state index in [4.69, 9.17) is 14.2 Å². The Morgan fingerprint density at radius 2 is 1.83 bits per heavy atom. The summed E-state index contributed by atoms with van der Waals surface area (Å²) in [6.07, 6.45) is 2.81. The molecule has 6 nitrogen and oxygen atoms in total. The molecule has 0 aliphatic carbocycles. The molecule has 1 atom stereocenters. The van der Waals surface area contributed by atoms with Crippen molar-refractivity contribution in [3.8, 4) is 17.2 Å². The summed E-state index contributed by atoms with van der Waals surface area (Å²) in [6.45, 7) is 6.32. The Balaban J connectivity index is 1.93. The predicted octanol–water partition coefficient (Wildman–Crippen LogP) is 4.10. The van der Waals surface area contributed by atoms with Crippen molar-refractivity contribution in [2.45, 2.75) is 32.5 Å². The van der Waals surface area contributed by atoms with Crippen LogP contribution in [0.1, 0.15) is 38.0 Å². The summed E-state index contributed by atoms with van der Waals surface area (Å²) < 4.78 is 16.4. The number of aromatic hydroxyl groups is 1. The van der Waals surface area contributed by atoms with Crippen LogP contribution in [-0.2, 0) is 9.53 Å². The maximum atomic E-state index is 12.1.